The van der Waals surface area contributed by atoms with E-state index in [9.17, 15) is 44.6 Å². The average Bonchev–Trinajstić information content (AvgIpc) is 3.29. The van der Waals surface area contributed by atoms with Crippen LogP contribution in [0.3, 0.4) is 0 Å². The molecule has 65 heavy (non-hydrogen) atoms. The normalized spacial score (nSPS) is 22.5. The summed E-state index contributed by atoms with van der Waals surface area (Å²) in [5.41, 5.74) is 0. The highest BCUT2D eigenvalue weighted by Crippen LogP contribution is 2.47. The van der Waals surface area contributed by atoms with Gasteiger partial charge in [-0.1, -0.05) is 148 Å². The maximum absolute atomic E-state index is 12.8. The van der Waals surface area contributed by atoms with Crippen molar-refractivity contribution in [2.75, 3.05) is 13.2 Å². The van der Waals surface area contributed by atoms with Crippen molar-refractivity contribution in [3.63, 3.8) is 0 Å². The van der Waals surface area contributed by atoms with Gasteiger partial charge in [-0.05, 0) is 89.9 Å². The van der Waals surface area contributed by atoms with Gasteiger partial charge in [-0.2, -0.15) is 0 Å². The lowest BCUT2D eigenvalue weighted by Crippen LogP contribution is -2.64. The first-order valence-electron chi connectivity index (χ1n) is 23.3. The molecule has 1 aliphatic rings. The number of rotatable bonds is 36. The van der Waals surface area contributed by atoms with E-state index in [1.54, 1.807) is 0 Å². The number of esters is 2. The molecule has 0 aromatic rings. The van der Waals surface area contributed by atoms with Gasteiger partial charge >= 0.3 is 19.8 Å². The molecule has 0 amide bonds. The summed E-state index contributed by atoms with van der Waals surface area (Å²) in [4.78, 5) is 35.7. The summed E-state index contributed by atoms with van der Waals surface area (Å²) < 4.78 is 33.4. The van der Waals surface area contributed by atoms with Crippen LogP contribution in [0.5, 0.6) is 0 Å². The molecule has 0 spiro atoms. The van der Waals surface area contributed by atoms with E-state index in [0.717, 1.165) is 57.8 Å². The van der Waals surface area contributed by atoms with Gasteiger partial charge in [0.05, 0.1) is 6.61 Å². The van der Waals surface area contributed by atoms with Gasteiger partial charge in [0.25, 0.3) is 0 Å². The summed E-state index contributed by atoms with van der Waals surface area (Å²) in [6.45, 7) is 3.03. The summed E-state index contributed by atoms with van der Waals surface area (Å²) in [5.74, 6) is -1.28. The number of carbonyl (C=O) groups excluding carboxylic acids is 2. The Labute approximate surface area is 388 Å². The lowest BCUT2D eigenvalue weighted by molar-refractivity contribution is -0.220. The van der Waals surface area contributed by atoms with Gasteiger partial charge < -0.3 is 39.9 Å². The number of phosphoric ester groups is 1. The maximum Gasteiger partial charge on any atom is 0.472 e. The molecule has 8 atom stereocenters. The van der Waals surface area contributed by atoms with Gasteiger partial charge in [0.2, 0.25) is 0 Å². The van der Waals surface area contributed by atoms with Crippen LogP contribution in [0.4, 0.5) is 0 Å². The second-order valence-electron chi connectivity index (χ2n) is 15.5. The summed E-state index contributed by atoms with van der Waals surface area (Å²) in [6, 6.07) is 0. The predicted octanol–water partition coefficient (Wildman–Crippen LogP) is 9.39. The van der Waals surface area contributed by atoms with E-state index in [4.69, 9.17) is 18.5 Å². The minimum atomic E-state index is -5.16. The van der Waals surface area contributed by atoms with E-state index >= 15 is 0 Å². The van der Waals surface area contributed by atoms with E-state index in [1.807, 2.05) is 30.4 Å². The largest absolute Gasteiger partial charge is 0.472 e. The van der Waals surface area contributed by atoms with Crippen LogP contribution in [0.2, 0.25) is 0 Å². The molecule has 366 valence electrons. The Morgan fingerprint density at radius 1 is 0.492 bits per heavy atom. The standard InChI is InChI=1S/C51H79O13P/c1-3-5-7-9-11-13-15-17-19-21-22-24-26-28-30-32-34-36-38-40-45(53)63-43(42-62-65(59,60)64-51-49(57)47(55)46(54)48(56)50(51)58)41-61-44(52)39-37-35-33-31-29-27-25-23-20-18-16-14-12-10-8-6-4-2/h6,8,11-14,17-20,22,24-25,27-28,30-31,33-34,36,43,46-51,54-58H,3-5,7,9-10,15-16,21,23,26,29,32,35,37-42H2,1-2H3,(H,59,60)/b8-6+,13-11+,14-12+,19-17+,20-18+,24-22+,27-25+,30-28+,33-31+,36-34+/t43-,46?,47-,48?,49?,50?,51?/m1/s1. The Bertz CT molecular complexity index is 1590. The summed E-state index contributed by atoms with van der Waals surface area (Å²) in [7, 11) is -5.16. The number of phosphoric acid groups is 1. The van der Waals surface area contributed by atoms with Crippen molar-refractivity contribution < 1.29 is 63.1 Å². The van der Waals surface area contributed by atoms with E-state index in [0.29, 0.717) is 25.7 Å². The molecule has 1 saturated carbocycles. The SMILES string of the molecule is CC/C=C/C/C=C/C/C=C/C/C=C/C/C=C/CCCC(=O)OC[C@H](COP(=O)(O)OC1C(O)C(O)C(O)[C@@H](O)C1O)OC(=O)CC/C=C/C/C=C/C/C=C/C/C=C/C/C=C/CCCCC. The number of ether oxygens (including phenoxy) is 2. The molecule has 1 fully saturated rings. The van der Waals surface area contributed by atoms with Crippen molar-refractivity contribution in [1.82, 2.24) is 0 Å². The molecule has 13 nitrogen and oxygen atoms in total. The quantitative estimate of drug-likeness (QED) is 0.0150. The Hall–Kier alpha value is -3.75. The molecule has 0 heterocycles. The van der Waals surface area contributed by atoms with Crippen LogP contribution in [0.25, 0.3) is 0 Å². The topological polar surface area (TPSA) is 210 Å². The number of allylic oxidation sites excluding steroid dienone is 20. The molecular formula is C51H79O13P. The third-order valence-corrected chi connectivity index (χ3v) is 10.8. The third kappa shape index (κ3) is 31.7. The van der Waals surface area contributed by atoms with Crippen molar-refractivity contribution in [2.45, 2.75) is 172 Å². The molecule has 6 N–H and O–H groups in total. The Morgan fingerprint density at radius 2 is 0.892 bits per heavy atom. The number of aliphatic hydroxyl groups excluding tert-OH is 5. The van der Waals surface area contributed by atoms with E-state index < -0.39 is 75.7 Å². The number of hydrogen-bond acceptors (Lipinski definition) is 12. The molecule has 0 aromatic carbocycles. The fourth-order valence-electron chi connectivity index (χ4n) is 6.07. The Balaban J connectivity index is 2.57. The fourth-order valence-corrected chi connectivity index (χ4v) is 7.04. The molecule has 0 saturated heterocycles. The highest BCUT2D eigenvalue weighted by atomic mass is 31.2. The number of aliphatic hydroxyl groups is 5. The van der Waals surface area contributed by atoms with Crippen molar-refractivity contribution in [3.05, 3.63) is 122 Å². The summed E-state index contributed by atoms with van der Waals surface area (Å²) >= 11 is 0. The van der Waals surface area contributed by atoms with Crippen LogP contribution in [0.15, 0.2) is 122 Å². The molecule has 0 aromatic heterocycles. The fraction of sp³-hybridized carbons (Fsp3) is 0.569. The van der Waals surface area contributed by atoms with Crippen LogP contribution in [-0.2, 0) is 32.7 Å². The minimum Gasteiger partial charge on any atom is -0.462 e. The molecule has 14 heteroatoms. The molecule has 1 rings (SSSR count). The summed E-state index contributed by atoms with van der Waals surface area (Å²) in [5, 5.41) is 50.2. The zero-order valence-electron chi connectivity index (χ0n) is 38.7. The zero-order valence-corrected chi connectivity index (χ0v) is 39.6. The highest BCUT2D eigenvalue weighted by molar-refractivity contribution is 7.47. The molecule has 6 unspecified atom stereocenters. The molecular weight excluding hydrogens is 852 g/mol. The van der Waals surface area contributed by atoms with Crippen LogP contribution >= 0.6 is 7.82 Å². The lowest BCUT2D eigenvalue weighted by Gasteiger charge is -2.41. The Morgan fingerprint density at radius 3 is 1.34 bits per heavy atom. The first-order chi connectivity index (χ1) is 31.4. The maximum atomic E-state index is 12.8. The van der Waals surface area contributed by atoms with Crippen molar-refractivity contribution in [2.24, 2.45) is 0 Å². The van der Waals surface area contributed by atoms with Gasteiger partial charge in [0, 0.05) is 12.8 Å². The second-order valence-corrected chi connectivity index (χ2v) is 16.9. The van der Waals surface area contributed by atoms with Crippen LogP contribution in [-0.4, -0.2) is 98.3 Å². The number of unbranched alkanes of at least 4 members (excludes halogenated alkanes) is 4. The van der Waals surface area contributed by atoms with Gasteiger partial charge in [-0.15, -0.1) is 0 Å². The first-order valence-corrected chi connectivity index (χ1v) is 24.8. The average molecular weight is 931 g/mol. The third-order valence-electron chi connectivity index (χ3n) is 9.80. The van der Waals surface area contributed by atoms with Crippen LogP contribution in [0.1, 0.15) is 129 Å². The van der Waals surface area contributed by atoms with E-state index in [1.165, 1.54) is 19.3 Å². The van der Waals surface area contributed by atoms with Gasteiger partial charge in [-0.3, -0.25) is 18.6 Å². The van der Waals surface area contributed by atoms with Gasteiger partial charge in [0.15, 0.2) is 6.10 Å². The van der Waals surface area contributed by atoms with E-state index in [-0.39, 0.29) is 12.8 Å². The minimum absolute atomic E-state index is 0.0470. The van der Waals surface area contributed by atoms with Crippen LogP contribution < -0.4 is 0 Å². The molecule has 0 radical (unpaired) electrons. The van der Waals surface area contributed by atoms with Crippen molar-refractivity contribution in [1.29, 1.82) is 0 Å². The monoisotopic (exact) mass is 931 g/mol. The van der Waals surface area contributed by atoms with Gasteiger partial charge in [0.1, 0.15) is 43.2 Å². The highest BCUT2D eigenvalue weighted by Gasteiger charge is 2.51. The molecule has 0 aliphatic heterocycles. The Kier molecular flexibility index (Phi) is 35.9. The van der Waals surface area contributed by atoms with Crippen molar-refractivity contribution in [3.8, 4) is 0 Å². The number of carbonyl (C=O) groups is 2. The smallest absolute Gasteiger partial charge is 0.462 e. The predicted molar refractivity (Wildman–Crippen MR) is 257 cm³/mol. The summed E-state index contributed by atoms with van der Waals surface area (Å²) in [6.07, 6.45) is 42.7. The number of hydrogen-bond donors (Lipinski definition) is 6. The molecule has 0 bridgehead atoms. The van der Waals surface area contributed by atoms with E-state index in [2.05, 4.69) is 105 Å². The van der Waals surface area contributed by atoms with Gasteiger partial charge in [-0.25, -0.2) is 4.57 Å². The van der Waals surface area contributed by atoms with Crippen molar-refractivity contribution >= 4 is 19.8 Å². The zero-order chi connectivity index (χ0) is 47.8. The first kappa shape index (κ1) is 59.3. The van der Waals surface area contributed by atoms with Crippen LogP contribution in [0, 0.1) is 0 Å². The molecule has 1 aliphatic carbocycles. The lowest BCUT2D eigenvalue weighted by atomic mass is 9.85. The second kappa shape index (κ2) is 39.4.